The number of nitrogens with zero attached hydrogens (tertiary/aromatic N) is 2. The summed E-state index contributed by atoms with van der Waals surface area (Å²) in [6.07, 6.45) is 2.50. The van der Waals surface area contributed by atoms with Crippen molar-refractivity contribution in [2.75, 3.05) is 25.9 Å². The molecule has 0 bridgehead atoms. The van der Waals surface area contributed by atoms with Gasteiger partial charge in [-0.1, -0.05) is 24.3 Å². The number of carbonyl (C=O) groups excluding carboxylic acids is 1. The minimum Gasteiger partial charge on any atom is -0.338 e. The third kappa shape index (κ3) is 2.70. The molecule has 3 rings (SSSR count). The van der Waals surface area contributed by atoms with Crippen LogP contribution in [0.5, 0.6) is 0 Å². The molecule has 21 heavy (non-hydrogen) atoms. The Balaban J connectivity index is 1.71. The molecule has 6 heteroatoms. The number of aryl methyl sites for hydroxylation is 1. The minimum atomic E-state index is -3.21. The van der Waals surface area contributed by atoms with E-state index in [0.29, 0.717) is 13.0 Å². The lowest BCUT2D eigenvalue weighted by Crippen LogP contribution is -2.40. The van der Waals surface area contributed by atoms with Gasteiger partial charge in [-0.2, -0.15) is 4.31 Å². The van der Waals surface area contributed by atoms with Crippen LogP contribution in [0.3, 0.4) is 0 Å². The zero-order valence-electron chi connectivity index (χ0n) is 12.2. The average Bonchev–Trinajstić information content (AvgIpc) is 3.02. The van der Waals surface area contributed by atoms with E-state index in [-0.39, 0.29) is 24.2 Å². The van der Waals surface area contributed by atoms with Crippen molar-refractivity contribution in [1.29, 1.82) is 0 Å². The second-order valence-electron chi connectivity index (χ2n) is 5.76. The monoisotopic (exact) mass is 308 g/mol. The van der Waals surface area contributed by atoms with Gasteiger partial charge in [0.25, 0.3) is 0 Å². The number of hydrogen-bond acceptors (Lipinski definition) is 3. The van der Waals surface area contributed by atoms with E-state index in [0.717, 1.165) is 12.8 Å². The van der Waals surface area contributed by atoms with Crippen molar-refractivity contribution in [1.82, 2.24) is 9.21 Å². The molecule has 1 amide bonds. The summed E-state index contributed by atoms with van der Waals surface area (Å²) in [7, 11) is -1.44. The van der Waals surface area contributed by atoms with Crippen LogP contribution in [0.1, 0.15) is 30.0 Å². The molecule has 0 aromatic heterocycles. The Morgan fingerprint density at radius 3 is 2.86 bits per heavy atom. The number of likely N-dealkylation sites (N-methyl/N-ethyl adjacent to an activating group) is 1. The first-order chi connectivity index (χ1) is 9.99. The lowest BCUT2D eigenvalue weighted by atomic mass is 10.1. The fourth-order valence-electron chi connectivity index (χ4n) is 3.24. The molecule has 0 N–H and O–H groups in total. The van der Waals surface area contributed by atoms with E-state index >= 15 is 0 Å². The van der Waals surface area contributed by atoms with E-state index in [1.807, 2.05) is 12.1 Å². The maximum atomic E-state index is 12.4. The van der Waals surface area contributed by atoms with E-state index in [4.69, 9.17) is 0 Å². The number of hydrogen-bond donors (Lipinski definition) is 0. The summed E-state index contributed by atoms with van der Waals surface area (Å²) in [5.74, 6) is 0.0400. The normalized spacial score (nSPS) is 24.0. The van der Waals surface area contributed by atoms with Gasteiger partial charge in [-0.15, -0.1) is 0 Å². The molecule has 5 nitrogen and oxygen atoms in total. The Kier molecular flexibility index (Phi) is 3.75. The fourth-order valence-corrected chi connectivity index (χ4v) is 4.71. The standard InChI is InChI=1S/C15H20N2O3S/c1-16(14-8-7-12-5-2-3-6-13(12)14)15(18)11-17-9-4-10-21(17,19)20/h2-3,5-6,14H,4,7-11H2,1H3/t14-/m0/s1. The highest BCUT2D eigenvalue weighted by molar-refractivity contribution is 7.89. The second kappa shape index (κ2) is 5.42. The molecule has 0 radical (unpaired) electrons. The summed E-state index contributed by atoms with van der Waals surface area (Å²) in [6.45, 7) is 0.431. The van der Waals surface area contributed by atoms with Crippen LogP contribution >= 0.6 is 0 Å². The Labute approximate surface area is 125 Å². The molecule has 1 heterocycles. The summed E-state index contributed by atoms with van der Waals surface area (Å²) in [4.78, 5) is 14.1. The molecule has 1 aliphatic heterocycles. The Hall–Kier alpha value is -1.40. The lowest BCUT2D eigenvalue weighted by Gasteiger charge is -2.27. The number of benzene rings is 1. The van der Waals surface area contributed by atoms with E-state index < -0.39 is 10.0 Å². The first-order valence-corrected chi connectivity index (χ1v) is 8.91. The van der Waals surface area contributed by atoms with Gasteiger partial charge in [-0.05, 0) is 30.4 Å². The van der Waals surface area contributed by atoms with Crippen molar-refractivity contribution in [3.63, 3.8) is 0 Å². The molecule has 0 saturated carbocycles. The number of sulfonamides is 1. The Morgan fingerprint density at radius 2 is 2.14 bits per heavy atom. The molecule has 1 aromatic carbocycles. The van der Waals surface area contributed by atoms with Gasteiger partial charge < -0.3 is 4.90 Å². The molecule has 0 spiro atoms. The van der Waals surface area contributed by atoms with Crippen LogP contribution in [0.4, 0.5) is 0 Å². The van der Waals surface area contributed by atoms with Gasteiger partial charge in [0.15, 0.2) is 0 Å². The van der Waals surface area contributed by atoms with Gasteiger partial charge in [0, 0.05) is 13.6 Å². The van der Waals surface area contributed by atoms with Gasteiger partial charge in [-0.25, -0.2) is 8.42 Å². The van der Waals surface area contributed by atoms with Crippen LogP contribution in [-0.2, 0) is 21.2 Å². The van der Waals surface area contributed by atoms with Crippen molar-refractivity contribution in [3.05, 3.63) is 35.4 Å². The number of fused-ring (bicyclic) bond motifs is 1. The topological polar surface area (TPSA) is 57.7 Å². The second-order valence-corrected chi connectivity index (χ2v) is 7.85. The third-order valence-electron chi connectivity index (χ3n) is 4.48. The van der Waals surface area contributed by atoms with Gasteiger partial charge in [0.2, 0.25) is 15.9 Å². The molecule has 1 aromatic rings. The van der Waals surface area contributed by atoms with Crippen molar-refractivity contribution in [3.8, 4) is 0 Å². The van der Waals surface area contributed by atoms with Crippen LogP contribution in [0.25, 0.3) is 0 Å². The molecule has 1 fully saturated rings. The summed E-state index contributed by atoms with van der Waals surface area (Å²) in [5, 5.41) is 0. The highest BCUT2D eigenvalue weighted by Gasteiger charge is 2.33. The molecular formula is C15H20N2O3S. The molecule has 1 aliphatic carbocycles. The molecule has 1 atom stereocenters. The largest absolute Gasteiger partial charge is 0.338 e. The summed E-state index contributed by atoms with van der Waals surface area (Å²) >= 11 is 0. The Morgan fingerprint density at radius 1 is 1.38 bits per heavy atom. The van der Waals surface area contributed by atoms with E-state index in [9.17, 15) is 13.2 Å². The maximum Gasteiger partial charge on any atom is 0.238 e. The van der Waals surface area contributed by atoms with Crippen LogP contribution in [0, 0.1) is 0 Å². The average molecular weight is 308 g/mol. The van der Waals surface area contributed by atoms with Gasteiger partial charge in [0.1, 0.15) is 0 Å². The summed E-state index contributed by atoms with van der Waals surface area (Å²) in [6, 6.07) is 8.22. The third-order valence-corrected chi connectivity index (χ3v) is 6.38. The van der Waals surface area contributed by atoms with Gasteiger partial charge in [-0.3, -0.25) is 4.79 Å². The highest BCUT2D eigenvalue weighted by atomic mass is 32.2. The molecule has 0 unspecified atom stereocenters. The summed E-state index contributed by atoms with van der Waals surface area (Å²) < 4.78 is 24.9. The number of amides is 1. The van der Waals surface area contributed by atoms with Crippen molar-refractivity contribution < 1.29 is 13.2 Å². The molecular weight excluding hydrogens is 288 g/mol. The zero-order chi connectivity index (χ0) is 15.0. The SMILES string of the molecule is CN(C(=O)CN1CCCS1(=O)=O)[C@H]1CCc2ccccc21. The van der Waals surface area contributed by atoms with E-state index in [2.05, 4.69) is 12.1 Å². The molecule has 1 saturated heterocycles. The first kappa shape index (κ1) is 14.5. The zero-order valence-corrected chi connectivity index (χ0v) is 13.0. The van der Waals surface area contributed by atoms with Crippen molar-refractivity contribution in [2.45, 2.75) is 25.3 Å². The first-order valence-electron chi connectivity index (χ1n) is 7.30. The summed E-state index contributed by atoms with van der Waals surface area (Å²) in [5.41, 5.74) is 2.48. The number of rotatable bonds is 3. The highest BCUT2D eigenvalue weighted by Crippen LogP contribution is 2.34. The van der Waals surface area contributed by atoms with Gasteiger partial charge in [0.05, 0.1) is 18.3 Å². The minimum absolute atomic E-state index is 0.0303. The quantitative estimate of drug-likeness (QED) is 0.842. The van der Waals surface area contributed by atoms with Crippen LogP contribution < -0.4 is 0 Å². The predicted molar refractivity (Wildman–Crippen MR) is 80.3 cm³/mol. The Bertz CT molecular complexity index is 657. The molecule has 114 valence electrons. The predicted octanol–water partition coefficient (Wildman–Crippen LogP) is 1.17. The van der Waals surface area contributed by atoms with Crippen LogP contribution in [-0.4, -0.2) is 49.4 Å². The lowest BCUT2D eigenvalue weighted by molar-refractivity contribution is -0.132. The smallest absolute Gasteiger partial charge is 0.238 e. The van der Waals surface area contributed by atoms with Crippen LogP contribution in [0.2, 0.25) is 0 Å². The van der Waals surface area contributed by atoms with E-state index in [1.165, 1.54) is 15.4 Å². The van der Waals surface area contributed by atoms with Gasteiger partial charge >= 0.3 is 0 Å². The maximum absolute atomic E-state index is 12.4. The molecule has 2 aliphatic rings. The van der Waals surface area contributed by atoms with Crippen molar-refractivity contribution in [2.24, 2.45) is 0 Å². The van der Waals surface area contributed by atoms with Crippen molar-refractivity contribution >= 4 is 15.9 Å². The number of carbonyl (C=O) groups is 1. The fraction of sp³-hybridized carbons (Fsp3) is 0.533. The van der Waals surface area contributed by atoms with Crippen LogP contribution in [0.15, 0.2) is 24.3 Å². The van der Waals surface area contributed by atoms with E-state index in [1.54, 1.807) is 11.9 Å².